The van der Waals surface area contributed by atoms with Crippen molar-refractivity contribution in [1.82, 2.24) is 29.4 Å². The van der Waals surface area contributed by atoms with E-state index in [0.717, 1.165) is 25.3 Å². The molecular formula is C17H25N7O4. The van der Waals surface area contributed by atoms with E-state index in [9.17, 15) is 14.9 Å². The third-order valence-electron chi connectivity index (χ3n) is 5.02. The SMILES string of the molecule is COc1nn(C(C)C(=O)N2CCN(Cc3cn(C)nc3C)CC2)cc1[N+](=O)[O-]. The molecule has 0 spiro atoms. The number of nitro groups is 1. The monoisotopic (exact) mass is 391 g/mol. The van der Waals surface area contributed by atoms with E-state index in [2.05, 4.69) is 15.1 Å². The maximum Gasteiger partial charge on any atom is 0.350 e. The van der Waals surface area contributed by atoms with Gasteiger partial charge in [0.2, 0.25) is 5.91 Å². The van der Waals surface area contributed by atoms with Crippen LogP contribution >= 0.6 is 0 Å². The van der Waals surface area contributed by atoms with Crippen LogP contribution in [-0.4, -0.2) is 73.5 Å². The van der Waals surface area contributed by atoms with Gasteiger partial charge < -0.3 is 9.64 Å². The standard InChI is InChI=1S/C17H25N7O4/c1-12-14(9-20(3)18-12)10-21-5-7-22(8-6-21)17(25)13(2)23-11-15(24(26)27)16(19-23)28-4/h9,11,13H,5-8,10H2,1-4H3. The van der Waals surface area contributed by atoms with Crippen molar-refractivity contribution in [2.45, 2.75) is 26.4 Å². The molecular weight excluding hydrogens is 366 g/mol. The second-order valence-corrected chi connectivity index (χ2v) is 6.95. The Kier molecular flexibility index (Phi) is 5.63. The molecule has 3 heterocycles. The first kappa shape index (κ1) is 19.8. The summed E-state index contributed by atoms with van der Waals surface area (Å²) in [4.78, 5) is 27.4. The lowest BCUT2D eigenvalue weighted by atomic mass is 10.2. The van der Waals surface area contributed by atoms with Crippen LogP contribution in [0.2, 0.25) is 0 Å². The van der Waals surface area contributed by atoms with Crippen LogP contribution in [0.1, 0.15) is 24.2 Å². The van der Waals surface area contributed by atoms with Crippen LogP contribution in [0.5, 0.6) is 5.88 Å². The number of carbonyl (C=O) groups excluding carboxylic acids is 1. The van der Waals surface area contributed by atoms with Crippen LogP contribution in [-0.2, 0) is 18.4 Å². The Labute approximate surface area is 162 Å². The van der Waals surface area contributed by atoms with Crippen molar-refractivity contribution in [1.29, 1.82) is 0 Å². The molecule has 3 rings (SSSR count). The van der Waals surface area contributed by atoms with Crippen molar-refractivity contribution in [3.8, 4) is 5.88 Å². The molecule has 1 atom stereocenters. The summed E-state index contributed by atoms with van der Waals surface area (Å²) < 4.78 is 8.04. The molecule has 0 radical (unpaired) electrons. The molecule has 11 heteroatoms. The molecule has 28 heavy (non-hydrogen) atoms. The van der Waals surface area contributed by atoms with E-state index in [1.54, 1.807) is 11.8 Å². The molecule has 1 saturated heterocycles. The average Bonchev–Trinajstić information content (AvgIpc) is 3.24. The smallest absolute Gasteiger partial charge is 0.350 e. The van der Waals surface area contributed by atoms with Gasteiger partial charge in [0, 0.05) is 51.5 Å². The van der Waals surface area contributed by atoms with Crippen molar-refractivity contribution in [2.24, 2.45) is 7.05 Å². The fourth-order valence-electron chi connectivity index (χ4n) is 3.38. The number of aromatic nitrogens is 4. The molecule has 1 aliphatic heterocycles. The Morgan fingerprint density at radius 3 is 2.46 bits per heavy atom. The second-order valence-electron chi connectivity index (χ2n) is 6.95. The Hall–Kier alpha value is -2.95. The van der Waals surface area contributed by atoms with Gasteiger partial charge in [-0.1, -0.05) is 0 Å². The Morgan fingerprint density at radius 2 is 1.96 bits per heavy atom. The van der Waals surface area contributed by atoms with Crippen molar-refractivity contribution in [3.63, 3.8) is 0 Å². The molecule has 1 unspecified atom stereocenters. The minimum Gasteiger partial charge on any atom is -0.475 e. The summed E-state index contributed by atoms with van der Waals surface area (Å²) in [5.41, 5.74) is 1.95. The zero-order valence-electron chi connectivity index (χ0n) is 16.5. The number of piperazine rings is 1. The molecule has 2 aromatic heterocycles. The predicted octanol–water partition coefficient (Wildman–Crippen LogP) is 0.747. The van der Waals surface area contributed by atoms with Gasteiger partial charge in [0.15, 0.2) is 0 Å². The fraction of sp³-hybridized carbons (Fsp3) is 0.588. The van der Waals surface area contributed by atoms with Crippen molar-refractivity contribution >= 4 is 11.6 Å². The van der Waals surface area contributed by atoms with Gasteiger partial charge in [-0.25, -0.2) is 4.68 Å². The molecule has 1 fully saturated rings. The Balaban J connectivity index is 1.60. The summed E-state index contributed by atoms with van der Waals surface area (Å²) in [6, 6.07) is -0.644. The molecule has 0 saturated carbocycles. The van der Waals surface area contributed by atoms with Crippen LogP contribution in [0.3, 0.4) is 0 Å². The van der Waals surface area contributed by atoms with Gasteiger partial charge in [0.1, 0.15) is 12.2 Å². The van der Waals surface area contributed by atoms with E-state index in [-0.39, 0.29) is 17.5 Å². The molecule has 152 valence electrons. The number of carbonyl (C=O) groups is 1. The van der Waals surface area contributed by atoms with E-state index < -0.39 is 11.0 Å². The highest BCUT2D eigenvalue weighted by Crippen LogP contribution is 2.26. The van der Waals surface area contributed by atoms with Crippen LogP contribution < -0.4 is 4.74 Å². The van der Waals surface area contributed by atoms with E-state index >= 15 is 0 Å². The fourth-order valence-corrected chi connectivity index (χ4v) is 3.38. The molecule has 0 bridgehead atoms. The number of ether oxygens (including phenoxy) is 1. The zero-order valence-corrected chi connectivity index (χ0v) is 16.5. The first-order valence-electron chi connectivity index (χ1n) is 9.08. The highest BCUT2D eigenvalue weighted by atomic mass is 16.6. The van der Waals surface area contributed by atoms with Gasteiger partial charge in [-0.15, -0.1) is 5.10 Å². The molecule has 1 aliphatic rings. The molecule has 0 aliphatic carbocycles. The minimum absolute atomic E-state index is 0.0960. The maximum absolute atomic E-state index is 12.8. The lowest BCUT2D eigenvalue weighted by molar-refractivity contribution is -0.385. The largest absolute Gasteiger partial charge is 0.475 e. The van der Waals surface area contributed by atoms with Crippen molar-refractivity contribution < 1.29 is 14.5 Å². The number of amides is 1. The van der Waals surface area contributed by atoms with Gasteiger partial charge in [0.25, 0.3) is 0 Å². The van der Waals surface area contributed by atoms with Gasteiger partial charge >= 0.3 is 11.6 Å². The lowest BCUT2D eigenvalue weighted by Gasteiger charge is -2.35. The van der Waals surface area contributed by atoms with Crippen molar-refractivity contribution in [2.75, 3.05) is 33.3 Å². The van der Waals surface area contributed by atoms with E-state index in [1.165, 1.54) is 23.6 Å². The summed E-state index contributed by atoms with van der Waals surface area (Å²) >= 11 is 0. The van der Waals surface area contributed by atoms with Crippen LogP contribution in [0.4, 0.5) is 5.69 Å². The summed E-state index contributed by atoms with van der Waals surface area (Å²) in [6.07, 6.45) is 3.26. The number of rotatable bonds is 6. The van der Waals surface area contributed by atoms with Crippen LogP contribution in [0, 0.1) is 17.0 Å². The molecule has 11 nitrogen and oxygen atoms in total. The zero-order chi connectivity index (χ0) is 20.4. The van der Waals surface area contributed by atoms with Crippen molar-refractivity contribution in [3.05, 3.63) is 33.8 Å². The minimum atomic E-state index is -0.644. The summed E-state index contributed by atoms with van der Waals surface area (Å²) in [7, 11) is 3.22. The summed E-state index contributed by atoms with van der Waals surface area (Å²) in [6.45, 7) is 7.20. The topological polar surface area (TPSA) is 112 Å². The maximum atomic E-state index is 12.8. The van der Waals surface area contributed by atoms with Gasteiger partial charge in [0.05, 0.1) is 17.7 Å². The van der Waals surface area contributed by atoms with Gasteiger partial charge in [-0.3, -0.25) is 24.5 Å². The number of methoxy groups -OCH3 is 1. The first-order chi connectivity index (χ1) is 13.3. The normalized spacial score (nSPS) is 16.2. The van der Waals surface area contributed by atoms with E-state index in [0.29, 0.717) is 13.1 Å². The second kappa shape index (κ2) is 7.97. The van der Waals surface area contributed by atoms with Gasteiger partial charge in [-0.05, 0) is 13.8 Å². The Bertz CT molecular complexity index is 867. The van der Waals surface area contributed by atoms with E-state index in [1.807, 2.05) is 24.9 Å². The van der Waals surface area contributed by atoms with Gasteiger partial charge in [-0.2, -0.15) is 5.10 Å². The van der Waals surface area contributed by atoms with Crippen LogP contribution in [0.15, 0.2) is 12.4 Å². The molecule has 1 amide bonds. The predicted molar refractivity (Wildman–Crippen MR) is 99.9 cm³/mol. The summed E-state index contributed by atoms with van der Waals surface area (Å²) in [5, 5.41) is 19.5. The molecule has 0 N–H and O–H groups in total. The first-order valence-corrected chi connectivity index (χ1v) is 9.08. The summed E-state index contributed by atoms with van der Waals surface area (Å²) in [5.74, 6) is -0.210. The highest BCUT2D eigenvalue weighted by molar-refractivity contribution is 5.80. The number of nitrogens with zero attached hydrogens (tertiary/aromatic N) is 7. The lowest BCUT2D eigenvalue weighted by Crippen LogP contribution is -2.50. The third-order valence-corrected chi connectivity index (χ3v) is 5.02. The average molecular weight is 391 g/mol. The Morgan fingerprint density at radius 1 is 1.29 bits per heavy atom. The third kappa shape index (κ3) is 3.98. The van der Waals surface area contributed by atoms with E-state index in [4.69, 9.17) is 4.74 Å². The number of aryl methyl sites for hydroxylation is 2. The highest BCUT2D eigenvalue weighted by Gasteiger charge is 2.29. The van der Waals surface area contributed by atoms with Crippen LogP contribution in [0.25, 0.3) is 0 Å². The molecule has 2 aromatic rings. The molecule has 0 aromatic carbocycles. The quantitative estimate of drug-likeness (QED) is 0.527. The number of hydrogen-bond acceptors (Lipinski definition) is 7. The number of hydrogen-bond donors (Lipinski definition) is 0.